The van der Waals surface area contributed by atoms with E-state index >= 15 is 0 Å². The molecular weight excluding hydrogens is 615 g/mol. The summed E-state index contributed by atoms with van der Waals surface area (Å²) < 4.78 is 2.63. The molecule has 234 valence electrons. The quantitative estimate of drug-likeness (QED) is 0.180. The van der Waals surface area contributed by atoms with Crippen molar-refractivity contribution in [1.82, 2.24) is 15.0 Å². The minimum absolute atomic E-state index is 0.666. The van der Waals surface area contributed by atoms with E-state index in [1.807, 2.05) is 29.5 Å². The van der Waals surface area contributed by atoms with E-state index in [0.717, 1.165) is 42.4 Å². The molecule has 49 heavy (non-hydrogen) atoms. The molecule has 0 fully saturated rings. The molecule has 7 aromatic rings. The Morgan fingerprint density at radius 2 is 1.22 bits per heavy atom. The van der Waals surface area contributed by atoms with Crippen LogP contribution in [0.15, 0.2) is 152 Å². The highest BCUT2D eigenvalue weighted by atomic mass is 32.1. The fraction of sp³-hybridized carbons (Fsp3) is 0.0889. The van der Waals surface area contributed by atoms with Gasteiger partial charge in [0, 0.05) is 36.9 Å². The van der Waals surface area contributed by atoms with Crippen LogP contribution in [0, 0.1) is 0 Å². The number of allylic oxidation sites excluding steroid dienone is 8. The molecule has 0 amide bonds. The summed E-state index contributed by atoms with van der Waals surface area (Å²) in [6.45, 7) is 0. The largest absolute Gasteiger partial charge is 0.208 e. The Kier molecular flexibility index (Phi) is 7.64. The molecule has 0 unspecified atom stereocenters. The number of hydrogen-bond donors (Lipinski definition) is 0. The van der Waals surface area contributed by atoms with Gasteiger partial charge in [0.25, 0.3) is 0 Å². The lowest BCUT2D eigenvalue weighted by molar-refractivity contribution is 1.04. The summed E-state index contributed by atoms with van der Waals surface area (Å²) in [5.41, 5.74) is 10.5. The topological polar surface area (TPSA) is 38.7 Å². The van der Waals surface area contributed by atoms with Crippen molar-refractivity contribution in [3.63, 3.8) is 0 Å². The fourth-order valence-electron chi connectivity index (χ4n) is 6.88. The van der Waals surface area contributed by atoms with Crippen LogP contribution in [0.5, 0.6) is 0 Å². The molecule has 2 aliphatic carbocycles. The molecule has 0 N–H and O–H groups in total. The normalized spacial score (nSPS) is 14.3. The first-order chi connectivity index (χ1) is 24.3. The Hall–Kier alpha value is -5.71. The third-order valence-electron chi connectivity index (χ3n) is 9.45. The molecule has 4 heteroatoms. The summed E-state index contributed by atoms with van der Waals surface area (Å²) in [6.07, 6.45) is 17.8. The van der Waals surface area contributed by atoms with Crippen LogP contribution in [0.25, 0.3) is 76.6 Å². The average Bonchev–Trinajstić information content (AvgIpc) is 3.57. The molecule has 5 aromatic carbocycles. The molecular formula is C45H33N3S. The average molecular weight is 648 g/mol. The highest BCUT2D eigenvalue weighted by Crippen LogP contribution is 2.41. The molecule has 0 aliphatic heterocycles. The van der Waals surface area contributed by atoms with E-state index in [0.29, 0.717) is 17.5 Å². The molecule has 0 saturated carbocycles. The highest BCUT2D eigenvalue weighted by Gasteiger charge is 2.16. The lowest BCUT2D eigenvalue weighted by atomic mass is 9.96. The Morgan fingerprint density at radius 1 is 0.510 bits per heavy atom. The van der Waals surface area contributed by atoms with Gasteiger partial charge in [-0.3, -0.25) is 0 Å². The maximum absolute atomic E-state index is 5.05. The second-order valence-corrected chi connectivity index (χ2v) is 13.7. The number of fused-ring (bicyclic) bond motifs is 3. The van der Waals surface area contributed by atoms with Gasteiger partial charge in [0.15, 0.2) is 17.5 Å². The smallest absolute Gasteiger partial charge is 0.164 e. The van der Waals surface area contributed by atoms with Crippen LogP contribution in [0.1, 0.15) is 36.8 Å². The van der Waals surface area contributed by atoms with E-state index in [-0.39, 0.29) is 0 Å². The third-order valence-corrected chi connectivity index (χ3v) is 10.7. The van der Waals surface area contributed by atoms with Crippen molar-refractivity contribution in [3.05, 3.63) is 163 Å². The molecule has 2 aromatic heterocycles. The van der Waals surface area contributed by atoms with Gasteiger partial charge in [0.2, 0.25) is 0 Å². The SMILES string of the molecule is C1=CCCC(c2cccc(-c3nc(-c4ccccc4)nc(-c4ccc(-c5cccc6c5sc5ccc(C7=CCCC=C7)cc56)cc4)n3)c2)=C1. The van der Waals surface area contributed by atoms with Crippen LogP contribution in [0.4, 0.5) is 0 Å². The van der Waals surface area contributed by atoms with E-state index in [9.17, 15) is 0 Å². The predicted molar refractivity (Wildman–Crippen MR) is 207 cm³/mol. The monoisotopic (exact) mass is 647 g/mol. The minimum Gasteiger partial charge on any atom is -0.208 e. The van der Waals surface area contributed by atoms with Gasteiger partial charge in [-0.2, -0.15) is 0 Å². The van der Waals surface area contributed by atoms with Gasteiger partial charge < -0.3 is 0 Å². The lowest BCUT2D eigenvalue weighted by Crippen LogP contribution is -2.00. The molecule has 0 bridgehead atoms. The van der Waals surface area contributed by atoms with Crippen molar-refractivity contribution in [1.29, 1.82) is 0 Å². The van der Waals surface area contributed by atoms with Crippen molar-refractivity contribution in [2.24, 2.45) is 0 Å². The summed E-state index contributed by atoms with van der Waals surface area (Å²) in [7, 11) is 0. The first-order valence-corrected chi connectivity index (χ1v) is 17.8. The van der Waals surface area contributed by atoms with Crippen LogP contribution in [-0.4, -0.2) is 15.0 Å². The van der Waals surface area contributed by atoms with Gasteiger partial charge in [-0.25, -0.2) is 15.0 Å². The zero-order valence-electron chi connectivity index (χ0n) is 27.0. The van der Waals surface area contributed by atoms with Gasteiger partial charge in [0.05, 0.1) is 0 Å². The van der Waals surface area contributed by atoms with Crippen LogP contribution >= 0.6 is 11.3 Å². The Labute approximate surface area is 290 Å². The molecule has 0 radical (unpaired) electrons. The van der Waals surface area contributed by atoms with Crippen molar-refractivity contribution in [2.45, 2.75) is 25.7 Å². The number of nitrogens with zero attached hydrogens (tertiary/aromatic N) is 3. The summed E-state index contributed by atoms with van der Waals surface area (Å²) >= 11 is 1.87. The van der Waals surface area contributed by atoms with E-state index in [4.69, 9.17) is 15.0 Å². The first kappa shape index (κ1) is 29.4. The van der Waals surface area contributed by atoms with E-state index < -0.39 is 0 Å². The maximum Gasteiger partial charge on any atom is 0.164 e. The Balaban J connectivity index is 1.10. The van der Waals surface area contributed by atoms with Crippen LogP contribution in [0.3, 0.4) is 0 Å². The van der Waals surface area contributed by atoms with E-state index in [2.05, 4.69) is 134 Å². The third kappa shape index (κ3) is 5.75. The molecule has 0 saturated heterocycles. The van der Waals surface area contributed by atoms with Crippen molar-refractivity contribution >= 4 is 42.7 Å². The van der Waals surface area contributed by atoms with Crippen LogP contribution < -0.4 is 0 Å². The summed E-state index contributed by atoms with van der Waals surface area (Å²) in [5.74, 6) is 2.01. The molecule has 0 spiro atoms. The Morgan fingerprint density at radius 3 is 2.00 bits per heavy atom. The summed E-state index contributed by atoms with van der Waals surface area (Å²) in [4.78, 5) is 15.0. The zero-order chi connectivity index (χ0) is 32.6. The second kappa shape index (κ2) is 12.7. The fourth-order valence-corrected chi connectivity index (χ4v) is 8.10. The maximum atomic E-state index is 5.05. The zero-order valence-corrected chi connectivity index (χ0v) is 27.8. The predicted octanol–water partition coefficient (Wildman–Crippen LogP) is 12.4. The van der Waals surface area contributed by atoms with Gasteiger partial charge in [-0.1, -0.05) is 134 Å². The second-order valence-electron chi connectivity index (χ2n) is 12.6. The van der Waals surface area contributed by atoms with Gasteiger partial charge in [-0.15, -0.1) is 11.3 Å². The lowest BCUT2D eigenvalue weighted by Gasteiger charge is -2.12. The standard InChI is InChI=1S/C45H33N3S/c1-4-12-30(13-5-1)35-18-10-19-37(28-35)45-47-43(33-16-8-3-9-17-33)46-44(48-45)34-24-22-32(23-25-34)38-20-11-21-39-40-29-36(31-14-6-2-7-15-31)26-27-41(40)49-42(38)39/h1,3-4,6,8-12,14-29H,2,5,7,13H2. The van der Waals surface area contributed by atoms with Gasteiger partial charge in [-0.05, 0) is 77.3 Å². The molecule has 0 atom stereocenters. The number of benzene rings is 5. The summed E-state index contributed by atoms with van der Waals surface area (Å²) in [6, 6.07) is 41.0. The summed E-state index contributed by atoms with van der Waals surface area (Å²) in [5, 5.41) is 2.63. The van der Waals surface area contributed by atoms with E-state index in [1.54, 1.807) is 0 Å². The van der Waals surface area contributed by atoms with Crippen molar-refractivity contribution in [2.75, 3.05) is 0 Å². The van der Waals surface area contributed by atoms with Gasteiger partial charge in [0.1, 0.15) is 0 Å². The molecule has 2 heterocycles. The van der Waals surface area contributed by atoms with E-state index in [1.165, 1.54) is 53.6 Å². The highest BCUT2D eigenvalue weighted by molar-refractivity contribution is 7.26. The van der Waals surface area contributed by atoms with Crippen molar-refractivity contribution in [3.8, 4) is 45.3 Å². The number of thiophene rings is 1. The van der Waals surface area contributed by atoms with Crippen molar-refractivity contribution < 1.29 is 0 Å². The minimum atomic E-state index is 0.666. The van der Waals surface area contributed by atoms with Crippen LogP contribution in [0.2, 0.25) is 0 Å². The number of aromatic nitrogens is 3. The Bertz CT molecular complexity index is 2480. The number of hydrogen-bond acceptors (Lipinski definition) is 4. The molecule has 2 aliphatic rings. The van der Waals surface area contributed by atoms with Crippen LogP contribution in [-0.2, 0) is 0 Å². The number of rotatable bonds is 6. The molecule has 3 nitrogen and oxygen atoms in total. The molecule has 9 rings (SSSR count). The first-order valence-electron chi connectivity index (χ1n) is 17.0. The van der Waals surface area contributed by atoms with Gasteiger partial charge >= 0.3 is 0 Å².